The molecule has 4 nitrogen and oxygen atoms in total. The number of methoxy groups -OCH3 is 1. The van der Waals surface area contributed by atoms with Gasteiger partial charge in [-0.2, -0.15) is 8.78 Å². The number of para-hydroxylation sites is 1. The molecule has 0 aliphatic heterocycles. The maximum atomic E-state index is 12.3. The first kappa shape index (κ1) is 17.7. The zero-order valence-corrected chi connectivity index (χ0v) is 13.4. The molecule has 0 aliphatic carbocycles. The molecule has 2 aromatic carbocycles. The molecule has 7 heteroatoms. The SMILES string of the molecule is COc1ccc(NC(=O)/C=C/c2ccccc2OC(F)F)c(Cl)c1. The van der Waals surface area contributed by atoms with E-state index >= 15 is 0 Å². The molecule has 1 amide bonds. The lowest BCUT2D eigenvalue weighted by Crippen LogP contribution is -2.08. The average Bonchev–Trinajstić information content (AvgIpc) is 2.55. The summed E-state index contributed by atoms with van der Waals surface area (Å²) < 4.78 is 34.1. The number of amides is 1. The average molecular weight is 354 g/mol. The number of carbonyl (C=O) groups is 1. The highest BCUT2D eigenvalue weighted by Crippen LogP contribution is 2.27. The maximum Gasteiger partial charge on any atom is 0.387 e. The summed E-state index contributed by atoms with van der Waals surface area (Å²) in [6, 6.07) is 11.0. The molecule has 24 heavy (non-hydrogen) atoms. The second kappa shape index (κ2) is 8.31. The topological polar surface area (TPSA) is 47.6 Å². The van der Waals surface area contributed by atoms with Crippen LogP contribution in [0.1, 0.15) is 5.56 Å². The standard InChI is InChI=1S/C17H14ClF2NO3/c1-23-12-7-8-14(13(18)10-12)21-16(22)9-6-11-4-2-3-5-15(11)24-17(19)20/h2-10,17H,1H3,(H,21,22)/b9-6+. The summed E-state index contributed by atoms with van der Waals surface area (Å²) in [5.41, 5.74) is 0.762. The summed E-state index contributed by atoms with van der Waals surface area (Å²) >= 11 is 6.03. The van der Waals surface area contributed by atoms with Gasteiger partial charge in [-0.1, -0.05) is 29.8 Å². The minimum Gasteiger partial charge on any atom is -0.497 e. The molecular weight excluding hydrogens is 340 g/mol. The molecule has 2 aromatic rings. The number of anilines is 1. The normalized spacial score (nSPS) is 10.9. The van der Waals surface area contributed by atoms with E-state index in [1.807, 2.05) is 0 Å². The molecule has 1 N–H and O–H groups in total. The third-order valence-electron chi connectivity index (χ3n) is 2.98. The quantitative estimate of drug-likeness (QED) is 0.772. The molecule has 2 rings (SSSR count). The van der Waals surface area contributed by atoms with Gasteiger partial charge in [0, 0.05) is 17.7 Å². The molecular formula is C17H14ClF2NO3. The van der Waals surface area contributed by atoms with Crippen LogP contribution in [0, 0.1) is 0 Å². The van der Waals surface area contributed by atoms with Crippen molar-refractivity contribution in [3.05, 3.63) is 59.1 Å². The molecule has 0 fully saturated rings. The first-order valence-corrected chi connectivity index (χ1v) is 7.24. The number of alkyl halides is 2. The third-order valence-corrected chi connectivity index (χ3v) is 3.30. The van der Waals surface area contributed by atoms with Gasteiger partial charge >= 0.3 is 6.61 Å². The fraction of sp³-hybridized carbons (Fsp3) is 0.118. The first-order chi connectivity index (χ1) is 11.5. The van der Waals surface area contributed by atoms with Gasteiger partial charge in [0.1, 0.15) is 11.5 Å². The Morgan fingerprint density at radius 1 is 1.25 bits per heavy atom. The molecule has 126 valence electrons. The fourth-order valence-corrected chi connectivity index (χ4v) is 2.10. The number of nitrogens with one attached hydrogen (secondary N) is 1. The van der Waals surface area contributed by atoms with E-state index in [-0.39, 0.29) is 5.75 Å². The van der Waals surface area contributed by atoms with Crippen molar-refractivity contribution < 1.29 is 23.0 Å². The molecule has 0 bridgehead atoms. The van der Waals surface area contributed by atoms with Gasteiger partial charge in [-0.15, -0.1) is 0 Å². The number of halogens is 3. The number of hydrogen-bond acceptors (Lipinski definition) is 3. The molecule has 0 saturated carbocycles. The molecule has 0 saturated heterocycles. The Kier molecular flexibility index (Phi) is 6.14. The van der Waals surface area contributed by atoms with Crippen LogP contribution < -0.4 is 14.8 Å². The molecule has 0 atom stereocenters. The van der Waals surface area contributed by atoms with Crippen molar-refractivity contribution in [1.29, 1.82) is 0 Å². The Hall–Kier alpha value is -2.60. The van der Waals surface area contributed by atoms with E-state index < -0.39 is 12.5 Å². The second-order valence-electron chi connectivity index (χ2n) is 4.58. The van der Waals surface area contributed by atoms with Crippen LogP contribution in [0.25, 0.3) is 6.08 Å². The highest BCUT2D eigenvalue weighted by atomic mass is 35.5. The minimum absolute atomic E-state index is 0.0148. The predicted octanol–water partition coefficient (Wildman–Crippen LogP) is 4.60. The smallest absolute Gasteiger partial charge is 0.387 e. The Morgan fingerprint density at radius 3 is 2.67 bits per heavy atom. The van der Waals surface area contributed by atoms with E-state index in [9.17, 15) is 13.6 Å². The number of carbonyl (C=O) groups excluding carboxylic acids is 1. The van der Waals surface area contributed by atoms with Gasteiger partial charge in [-0.05, 0) is 24.3 Å². The Morgan fingerprint density at radius 2 is 2.00 bits per heavy atom. The maximum absolute atomic E-state index is 12.3. The van der Waals surface area contributed by atoms with Crippen molar-refractivity contribution >= 4 is 29.3 Å². The Bertz CT molecular complexity index is 750. The van der Waals surface area contributed by atoms with Crippen molar-refractivity contribution in [2.45, 2.75) is 6.61 Å². The van der Waals surface area contributed by atoms with Crippen molar-refractivity contribution in [1.82, 2.24) is 0 Å². The lowest BCUT2D eigenvalue weighted by molar-refractivity contribution is -0.111. The van der Waals surface area contributed by atoms with E-state index in [4.69, 9.17) is 16.3 Å². The molecule has 0 heterocycles. The largest absolute Gasteiger partial charge is 0.497 e. The van der Waals surface area contributed by atoms with Crippen molar-refractivity contribution in [3.63, 3.8) is 0 Å². The van der Waals surface area contributed by atoms with Crippen molar-refractivity contribution in [3.8, 4) is 11.5 Å². The van der Waals surface area contributed by atoms with E-state index in [0.29, 0.717) is 22.0 Å². The molecule has 0 unspecified atom stereocenters. The summed E-state index contributed by atoms with van der Waals surface area (Å²) in [6.45, 7) is -2.94. The number of hydrogen-bond donors (Lipinski definition) is 1. The fourth-order valence-electron chi connectivity index (χ4n) is 1.89. The van der Waals surface area contributed by atoms with Gasteiger partial charge in [-0.25, -0.2) is 0 Å². The number of rotatable bonds is 6. The molecule has 0 spiro atoms. The monoisotopic (exact) mass is 353 g/mol. The zero-order chi connectivity index (χ0) is 17.5. The van der Waals surface area contributed by atoms with Gasteiger partial charge < -0.3 is 14.8 Å². The van der Waals surface area contributed by atoms with Gasteiger partial charge in [0.2, 0.25) is 5.91 Å². The summed E-state index contributed by atoms with van der Waals surface area (Å²) in [5, 5.41) is 2.91. The van der Waals surface area contributed by atoms with E-state index in [0.717, 1.165) is 0 Å². The van der Waals surface area contributed by atoms with Gasteiger partial charge in [0.15, 0.2) is 0 Å². The van der Waals surface area contributed by atoms with Crippen LogP contribution in [0.5, 0.6) is 11.5 Å². The molecule has 0 aliphatic rings. The van der Waals surface area contributed by atoms with Crippen LogP contribution in [0.15, 0.2) is 48.5 Å². The second-order valence-corrected chi connectivity index (χ2v) is 4.99. The van der Waals surface area contributed by atoms with Crippen LogP contribution in [-0.4, -0.2) is 19.6 Å². The van der Waals surface area contributed by atoms with Crippen LogP contribution in [-0.2, 0) is 4.79 Å². The highest BCUT2D eigenvalue weighted by molar-refractivity contribution is 6.34. The van der Waals surface area contributed by atoms with Gasteiger partial charge in [-0.3, -0.25) is 4.79 Å². The van der Waals surface area contributed by atoms with Crippen molar-refractivity contribution in [2.75, 3.05) is 12.4 Å². The number of ether oxygens (including phenoxy) is 2. The van der Waals surface area contributed by atoms with Crippen molar-refractivity contribution in [2.24, 2.45) is 0 Å². The van der Waals surface area contributed by atoms with E-state index in [2.05, 4.69) is 10.1 Å². The third kappa shape index (κ3) is 4.96. The van der Waals surface area contributed by atoms with Gasteiger partial charge in [0.25, 0.3) is 0 Å². The summed E-state index contributed by atoms with van der Waals surface area (Å²) in [6.07, 6.45) is 2.58. The highest BCUT2D eigenvalue weighted by Gasteiger charge is 2.08. The lowest BCUT2D eigenvalue weighted by atomic mass is 10.2. The predicted molar refractivity (Wildman–Crippen MR) is 88.7 cm³/mol. The summed E-state index contributed by atoms with van der Waals surface area (Å²) in [4.78, 5) is 11.9. The van der Waals surface area contributed by atoms with Crippen LogP contribution >= 0.6 is 11.6 Å². The number of benzene rings is 2. The van der Waals surface area contributed by atoms with Gasteiger partial charge in [0.05, 0.1) is 17.8 Å². The molecule has 0 radical (unpaired) electrons. The Balaban J connectivity index is 2.08. The van der Waals surface area contributed by atoms with Crippen LogP contribution in [0.4, 0.5) is 14.5 Å². The van der Waals surface area contributed by atoms with Crippen LogP contribution in [0.3, 0.4) is 0 Å². The van der Waals surface area contributed by atoms with Crippen LogP contribution in [0.2, 0.25) is 5.02 Å². The summed E-state index contributed by atoms with van der Waals surface area (Å²) in [7, 11) is 1.51. The summed E-state index contributed by atoms with van der Waals surface area (Å²) in [5.74, 6) is 0.0829. The molecule has 0 aromatic heterocycles. The zero-order valence-electron chi connectivity index (χ0n) is 12.6. The van der Waals surface area contributed by atoms with E-state index in [1.54, 1.807) is 36.4 Å². The minimum atomic E-state index is -2.94. The van der Waals surface area contributed by atoms with E-state index in [1.165, 1.54) is 25.3 Å². The Labute approximate surface area is 142 Å². The lowest BCUT2D eigenvalue weighted by Gasteiger charge is -2.08. The first-order valence-electron chi connectivity index (χ1n) is 6.86.